The molecule has 0 radical (unpaired) electrons. The van der Waals surface area contributed by atoms with Gasteiger partial charge in [-0.05, 0) is 31.0 Å². The number of amides is 1. The predicted molar refractivity (Wildman–Crippen MR) is 106 cm³/mol. The second kappa shape index (κ2) is 8.17. The van der Waals surface area contributed by atoms with Crippen LogP contribution in [0.5, 0.6) is 0 Å². The molecule has 2 aliphatic heterocycles. The van der Waals surface area contributed by atoms with Crippen molar-refractivity contribution < 1.29 is 18.0 Å². The standard InChI is InChI=1S/C20H24F3N5O2/c21-20(22,23)14-3-1-4-15(11-14)26-7-9-27(10-8-26)16-5-2-6-28(13-16)19(30)17-12-18(29)25-24-17/h1,3-4,11-12,16H,2,5-10,13H2,(H2,24,25,29)/t16-/m0/s1. The monoisotopic (exact) mass is 423 g/mol. The van der Waals surface area contributed by atoms with Gasteiger partial charge in [-0.15, -0.1) is 0 Å². The molecule has 1 amide bonds. The van der Waals surface area contributed by atoms with Crippen LogP contribution in [0.15, 0.2) is 35.1 Å². The predicted octanol–water partition coefficient (Wildman–Crippen LogP) is 2.15. The summed E-state index contributed by atoms with van der Waals surface area (Å²) in [6, 6.07) is 6.92. The molecule has 2 saturated heterocycles. The first-order valence-corrected chi connectivity index (χ1v) is 10.0. The Labute approximate surface area is 171 Å². The van der Waals surface area contributed by atoms with E-state index in [4.69, 9.17) is 0 Å². The van der Waals surface area contributed by atoms with Gasteiger partial charge in [-0.25, -0.2) is 0 Å². The number of likely N-dealkylation sites (tertiary alicyclic amines) is 1. The van der Waals surface area contributed by atoms with Crippen molar-refractivity contribution in [1.82, 2.24) is 20.0 Å². The molecule has 2 aromatic rings. The third-order valence-corrected chi connectivity index (χ3v) is 5.88. The molecule has 0 spiro atoms. The van der Waals surface area contributed by atoms with Gasteiger partial charge in [0.2, 0.25) is 0 Å². The van der Waals surface area contributed by atoms with Crippen LogP contribution in [0.1, 0.15) is 28.9 Å². The van der Waals surface area contributed by atoms with E-state index < -0.39 is 11.7 Å². The summed E-state index contributed by atoms with van der Waals surface area (Å²) >= 11 is 0. The molecule has 3 heterocycles. The van der Waals surface area contributed by atoms with Crippen molar-refractivity contribution in [2.24, 2.45) is 0 Å². The number of nitrogens with one attached hydrogen (secondary N) is 2. The summed E-state index contributed by atoms with van der Waals surface area (Å²) in [5.74, 6) is -0.194. The Kier molecular flexibility index (Phi) is 5.59. The van der Waals surface area contributed by atoms with Crippen molar-refractivity contribution in [3.8, 4) is 0 Å². The molecule has 10 heteroatoms. The molecule has 0 bridgehead atoms. The molecule has 2 aliphatic rings. The smallest absolute Gasteiger partial charge is 0.369 e. The summed E-state index contributed by atoms with van der Waals surface area (Å²) in [5.41, 5.74) is -0.124. The number of nitrogens with zero attached hydrogens (tertiary/aromatic N) is 3. The number of H-pyrrole nitrogens is 2. The number of hydrogen-bond acceptors (Lipinski definition) is 4. The number of carbonyl (C=O) groups is 1. The summed E-state index contributed by atoms with van der Waals surface area (Å²) in [5, 5.41) is 4.99. The molecule has 2 fully saturated rings. The van der Waals surface area contributed by atoms with Crippen LogP contribution in [0.25, 0.3) is 0 Å². The SMILES string of the molecule is O=C(c1cc(=O)[nH][nH]1)N1CCC[C@H](N2CCN(c3cccc(C(F)(F)F)c3)CC2)C1. The number of alkyl halides is 3. The summed E-state index contributed by atoms with van der Waals surface area (Å²) in [6.45, 7) is 3.95. The van der Waals surface area contributed by atoms with Crippen molar-refractivity contribution in [3.05, 3.63) is 51.9 Å². The van der Waals surface area contributed by atoms with E-state index in [1.165, 1.54) is 18.2 Å². The van der Waals surface area contributed by atoms with Crippen molar-refractivity contribution >= 4 is 11.6 Å². The molecule has 162 valence electrons. The quantitative estimate of drug-likeness (QED) is 0.794. The van der Waals surface area contributed by atoms with Gasteiger partial charge in [0, 0.05) is 57.1 Å². The molecule has 1 atom stereocenters. The highest BCUT2D eigenvalue weighted by molar-refractivity contribution is 5.92. The Morgan fingerprint density at radius 1 is 1.03 bits per heavy atom. The van der Waals surface area contributed by atoms with Gasteiger partial charge in [0.1, 0.15) is 5.69 Å². The molecule has 1 aromatic heterocycles. The lowest BCUT2D eigenvalue weighted by Crippen LogP contribution is -2.56. The van der Waals surface area contributed by atoms with Crippen LogP contribution in [-0.4, -0.2) is 71.2 Å². The van der Waals surface area contributed by atoms with E-state index in [0.29, 0.717) is 31.9 Å². The molecule has 7 nitrogen and oxygen atoms in total. The van der Waals surface area contributed by atoms with Crippen LogP contribution < -0.4 is 10.5 Å². The van der Waals surface area contributed by atoms with Gasteiger partial charge >= 0.3 is 6.18 Å². The average Bonchev–Trinajstić information content (AvgIpc) is 3.19. The fourth-order valence-electron chi connectivity index (χ4n) is 4.28. The van der Waals surface area contributed by atoms with Crippen LogP contribution in [-0.2, 0) is 6.18 Å². The number of anilines is 1. The van der Waals surface area contributed by atoms with Crippen LogP contribution in [0.2, 0.25) is 0 Å². The number of hydrogen-bond donors (Lipinski definition) is 2. The third kappa shape index (κ3) is 4.38. The maximum Gasteiger partial charge on any atom is 0.416 e. The maximum atomic E-state index is 13.0. The maximum absolute atomic E-state index is 13.0. The van der Waals surface area contributed by atoms with Gasteiger partial charge in [-0.3, -0.25) is 24.7 Å². The number of carbonyl (C=O) groups excluding carboxylic acids is 1. The van der Waals surface area contributed by atoms with Crippen LogP contribution in [0, 0.1) is 0 Å². The summed E-state index contributed by atoms with van der Waals surface area (Å²) in [7, 11) is 0. The topological polar surface area (TPSA) is 75.4 Å². The normalized spacial score (nSPS) is 21.1. The van der Waals surface area contributed by atoms with Gasteiger partial charge in [-0.2, -0.15) is 13.2 Å². The number of aromatic nitrogens is 2. The number of piperidine rings is 1. The molecule has 0 aliphatic carbocycles. The summed E-state index contributed by atoms with van der Waals surface area (Å²) in [6.07, 6.45) is -2.50. The molecular formula is C20H24F3N5O2. The Morgan fingerprint density at radius 2 is 1.80 bits per heavy atom. The lowest BCUT2D eigenvalue weighted by molar-refractivity contribution is -0.137. The Hall–Kier alpha value is -2.75. The molecular weight excluding hydrogens is 399 g/mol. The van der Waals surface area contributed by atoms with E-state index in [2.05, 4.69) is 15.1 Å². The number of halogens is 3. The summed E-state index contributed by atoms with van der Waals surface area (Å²) in [4.78, 5) is 29.9. The van der Waals surface area contributed by atoms with Crippen molar-refractivity contribution in [1.29, 1.82) is 0 Å². The van der Waals surface area contributed by atoms with Crippen molar-refractivity contribution in [3.63, 3.8) is 0 Å². The average molecular weight is 423 g/mol. The zero-order chi connectivity index (χ0) is 21.3. The number of benzene rings is 1. The zero-order valence-electron chi connectivity index (χ0n) is 16.4. The fraction of sp³-hybridized carbons (Fsp3) is 0.500. The number of piperazine rings is 1. The van der Waals surface area contributed by atoms with Crippen LogP contribution in [0.4, 0.5) is 18.9 Å². The highest BCUT2D eigenvalue weighted by atomic mass is 19.4. The van der Waals surface area contributed by atoms with E-state index in [1.807, 2.05) is 4.90 Å². The first kappa shape index (κ1) is 20.5. The van der Waals surface area contributed by atoms with E-state index in [1.54, 1.807) is 11.0 Å². The fourth-order valence-corrected chi connectivity index (χ4v) is 4.28. The lowest BCUT2D eigenvalue weighted by atomic mass is 10.0. The zero-order valence-corrected chi connectivity index (χ0v) is 16.4. The van der Waals surface area contributed by atoms with Gasteiger partial charge in [0.25, 0.3) is 11.5 Å². The van der Waals surface area contributed by atoms with Gasteiger partial charge in [-0.1, -0.05) is 6.07 Å². The minimum Gasteiger partial charge on any atom is -0.369 e. The molecule has 0 saturated carbocycles. The van der Waals surface area contributed by atoms with E-state index in [9.17, 15) is 22.8 Å². The second-order valence-corrected chi connectivity index (χ2v) is 7.79. The van der Waals surface area contributed by atoms with Crippen LogP contribution >= 0.6 is 0 Å². The van der Waals surface area contributed by atoms with Gasteiger partial charge < -0.3 is 9.80 Å². The first-order chi connectivity index (χ1) is 14.3. The van der Waals surface area contributed by atoms with Gasteiger partial charge in [0.05, 0.1) is 5.56 Å². The highest BCUT2D eigenvalue weighted by Crippen LogP contribution is 2.32. The lowest BCUT2D eigenvalue weighted by Gasteiger charge is -2.44. The largest absolute Gasteiger partial charge is 0.416 e. The van der Waals surface area contributed by atoms with E-state index in [0.717, 1.165) is 32.0 Å². The molecule has 4 rings (SSSR count). The highest BCUT2D eigenvalue weighted by Gasteiger charge is 2.33. The Balaban J connectivity index is 1.36. The molecule has 0 unspecified atom stereocenters. The minimum atomic E-state index is -4.35. The molecule has 2 N–H and O–H groups in total. The van der Waals surface area contributed by atoms with Crippen LogP contribution in [0.3, 0.4) is 0 Å². The third-order valence-electron chi connectivity index (χ3n) is 5.88. The Morgan fingerprint density at radius 3 is 2.47 bits per heavy atom. The van der Waals surface area contributed by atoms with E-state index >= 15 is 0 Å². The molecule has 30 heavy (non-hydrogen) atoms. The number of aromatic amines is 2. The van der Waals surface area contributed by atoms with E-state index in [-0.39, 0.29) is 23.2 Å². The second-order valence-electron chi connectivity index (χ2n) is 7.79. The Bertz CT molecular complexity index is 946. The minimum absolute atomic E-state index is 0.194. The number of rotatable bonds is 3. The molecule has 1 aromatic carbocycles. The summed E-state index contributed by atoms with van der Waals surface area (Å²) < 4.78 is 39.0. The van der Waals surface area contributed by atoms with Crippen molar-refractivity contribution in [2.45, 2.75) is 25.1 Å². The first-order valence-electron chi connectivity index (χ1n) is 10.0. The van der Waals surface area contributed by atoms with Crippen molar-refractivity contribution in [2.75, 3.05) is 44.2 Å². The van der Waals surface area contributed by atoms with Gasteiger partial charge in [0.15, 0.2) is 0 Å².